The van der Waals surface area contributed by atoms with E-state index in [-0.39, 0.29) is 17.7 Å². The van der Waals surface area contributed by atoms with Gasteiger partial charge in [0.25, 0.3) is 0 Å². The monoisotopic (exact) mass is 513 g/mol. The second-order valence-electron chi connectivity index (χ2n) is 11.3. The Morgan fingerprint density at radius 2 is 2.00 bits per heavy atom. The summed E-state index contributed by atoms with van der Waals surface area (Å²) in [7, 11) is 0. The van der Waals surface area contributed by atoms with Crippen LogP contribution in [0.5, 0.6) is 0 Å². The molecule has 0 bridgehead atoms. The third-order valence-corrected chi connectivity index (χ3v) is 6.74. The van der Waals surface area contributed by atoms with Crippen molar-refractivity contribution in [1.82, 2.24) is 20.0 Å². The van der Waals surface area contributed by atoms with E-state index >= 15 is 0 Å². The Labute approximate surface area is 223 Å². The van der Waals surface area contributed by atoms with Gasteiger partial charge in [-0.2, -0.15) is 5.26 Å². The maximum atomic E-state index is 13.8. The van der Waals surface area contributed by atoms with Crippen LogP contribution >= 0.6 is 0 Å². The third kappa shape index (κ3) is 5.53. The number of fused-ring (bicyclic) bond motifs is 1. The van der Waals surface area contributed by atoms with Gasteiger partial charge in [-0.3, -0.25) is 4.98 Å². The van der Waals surface area contributed by atoms with Gasteiger partial charge < -0.3 is 10.4 Å². The lowest BCUT2D eigenvalue weighted by Crippen LogP contribution is -2.20. The Bertz CT molecular complexity index is 1550. The lowest BCUT2D eigenvalue weighted by atomic mass is 9.87. The number of hydrogen-bond acceptors (Lipinski definition) is 6. The molecule has 1 aliphatic rings. The zero-order valence-electron chi connectivity index (χ0n) is 23.2. The molecule has 1 fully saturated rings. The smallest absolute Gasteiger partial charge is 0.123 e. The quantitative estimate of drug-likeness (QED) is 0.297. The molecule has 2 N–H and O–H groups in total. The van der Waals surface area contributed by atoms with Gasteiger partial charge in [-0.05, 0) is 60.9 Å². The van der Waals surface area contributed by atoms with Crippen molar-refractivity contribution in [3.05, 3.63) is 82.6 Å². The third-order valence-electron chi connectivity index (χ3n) is 6.74. The molecule has 0 amide bonds. The van der Waals surface area contributed by atoms with E-state index in [0.717, 1.165) is 18.4 Å². The Morgan fingerprint density at radius 1 is 1.26 bits per heavy atom. The van der Waals surface area contributed by atoms with Crippen molar-refractivity contribution in [2.75, 3.05) is 11.9 Å². The van der Waals surface area contributed by atoms with Gasteiger partial charge in [0, 0.05) is 37.2 Å². The van der Waals surface area contributed by atoms with Gasteiger partial charge in [-0.25, -0.2) is 9.07 Å². The molecule has 8 heteroatoms. The van der Waals surface area contributed by atoms with Crippen molar-refractivity contribution in [3.63, 3.8) is 0 Å². The van der Waals surface area contributed by atoms with Crippen LogP contribution in [0.2, 0.25) is 0 Å². The highest BCUT2D eigenvalue weighted by Gasteiger charge is 2.27. The van der Waals surface area contributed by atoms with Crippen LogP contribution in [0.15, 0.2) is 48.8 Å². The second-order valence-corrected chi connectivity index (χ2v) is 11.3. The lowest BCUT2D eigenvalue weighted by molar-refractivity contribution is 0.200. The van der Waals surface area contributed by atoms with Crippen molar-refractivity contribution in [2.45, 2.75) is 65.0 Å². The summed E-state index contributed by atoms with van der Waals surface area (Å²) in [6.07, 6.45) is 4.77. The van der Waals surface area contributed by atoms with E-state index in [1.54, 1.807) is 23.7 Å². The van der Waals surface area contributed by atoms with Gasteiger partial charge in [0.1, 0.15) is 11.9 Å². The zero-order chi connectivity index (χ0) is 27.9. The average Bonchev–Trinajstić information content (AvgIpc) is 3.62. The van der Waals surface area contributed by atoms with Crippen LogP contribution in [0.1, 0.15) is 87.9 Å². The van der Waals surface area contributed by atoms with Crippen molar-refractivity contribution < 1.29 is 10.9 Å². The maximum Gasteiger partial charge on any atom is 0.123 e. The number of aromatic nitrogens is 4. The van der Waals surface area contributed by atoms with Crippen LogP contribution in [0.25, 0.3) is 10.9 Å². The predicted molar refractivity (Wildman–Crippen MR) is 145 cm³/mol. The van der Waals surface area contributed by atoms with Crippen molar-refractivity contribution >= 4 is 16.6 Å². The fourth-order valence-electron chi connectivity index (χ4n) is 4.57. The highest BCUT2D eigenvalue weighted by molar-refractivity contribution is 5.96. The number of aliphatic hydroxyl groups excluding tert-OH is 1. The second kappa shape index (κ2) is 10.1. The number of benzene rings is 2. The highest BCUT2D eigenvalue weighted by Crippen LogP contribution is 2.37. The fourth-order valence-corrected chi connectivity index (χ4v) is 4.57. The van der Waals surface area contributed by atoms with Gasteiger partial charge in [0.05, 0.1) is 34.6 Å². The van der Waals surface area contributed by atoms with Gasteiger partial charge in [0.15, 0.2) is 0 Å². The molecule has 1 aliphatic carbocycles. The SMILES string of the molecule is [2H][C@@](Cc1cc(C(C)O)c2ncc(C#N)c(NCC(C)(C)C)c2c1)(c1ccc(F)cc1)c1cn(C2CC2)nn1. The van der Waals surface area contributed by atoms with Crippen molar-refractivity contribution in [3.8, 4) is 6.07 Å². The Balaban J connectivity index is 1.67. The molecular formula is C30H33FN6O. The number of nitriles is 1. The fraction of sp³-hybridized carbons (Fsp3) is 0.400. The summed E-state index contributed by atoms with van der Waals surface area (Å²) < 4.78 is 25.3. The van der Waals surface area contributed by atoms with Gasteiger partial charge in [-0.1, -0.05) is 44.2 Å². The summed E-state index contributed by atoms with van der Waals surface area (Å²) >= 11 is 0. The zero-order valence-corrected chi connectivity index (χ0v) is 22.2. The van der Waals surface area contributed by atoms with E-state index in [0.29, 0.717) is 51.6 Å². The highest BCUT2D eigenvalue weighted by atomic mass is 19.1. The number of aliphatic hydroxyl groups is 1. The van der Waals surface area contributed by atoms with Crippen LogP contribution in [0, 0.1) is 22.6 Å². The summed E-state index contributed by atoms with van der Waals surface area (Å²) in [4.78, 5) is 4.53. The molecule has 0 saturated heterocycles. The first-order chi connectivity index (χ1) is 18.5. The molecule has 0 aliphatic heterocycles. The minimum absolute atomic E-state index is 0.0423. The Hall–Kier alpha value is -3.83. The largest absolute Gasteiger partial charge is 0.389 e. The number of hydrogen-bond donors (Lipinski definition) is 2. The summed E-state index contributed by atoms with van der Waals surface area (Å²) in [5, 5.41) is 33.4. The number of anilines is 1. The Morgan fingerprint density at radius 3 is 2.63 bits per heavy atom. The number of nitrogens with zero attached hydrogens (tertiary/aromatic N) is 5. The maximum absolute atomic E-state index is 13.8. The first kappa shape index (κ1) is 24.5. The molecule has 196 valence electrons. The lowest BCUT2D eigenvalue weighted by Gasteiger charge is -2.22. The molecular weight excluding hydrogens is 479 g/mol. The van der Waals surface area contributed by atoms with E-state index in [1.165, 1.54) is 18.3 Å². The average molecular weight is 514 g/mol. The van der Waals surface area contributed by atoms with E-state index in [2.05, 4.69) is 47.5 Å². The van der Waals surface area contributed by atoms with E-state index in [1.807, 2.05) is 18.3 Å². The topological polar surface area (TPSA) is 99.7 Å². The molecule has 7 nitrogen and oxygen atoms in total. The number of rotatable bonds is 8. The molecule has 1 unspecified atom stereocenters. The van der Waals surface area contributed by atoms with E-state index in [4.69, 9.17) is 0 Å². The molecule has 0 radical (unpaired) electrons. The van der Waals surface area contributed by atoms with Gasteiger partial charge in [0.2, 0.25) is 0 Å². The molecule has 2 aromatic heterocycles. The van der Waals surface area contributed by atoms with Crippen molar-refractivity contribution in [2.24, 2.45) is 5.41 Å². The summed E-state index contributed by atoms with van der Waals surface area (Å²) in [5.41, 5.74) is 4.03. The molecule has 2 atom stereocenters. The molecule has 4 aromatic rings. The van der Waals surface area contributed by atoms with Crippen LogP contribution in [-0.4, -0.2) is 31.6 Å². The van der Waals surface area contributed by atoms with E-state index in [9.17, 15) is 16.1 Å². The summed E-state index contributed by atoms with van der Waals surface area (Å²) in [6, 6.07) is 12.3. The van der Waals surface area contributed by atoms with Gasteiger partial charge >= 0.3 is 0 Å². The first-order valence-corrected chi connectivity index (χ1v) is 12.9. The van der Waals surface area contributed by atoms with Crippen molar-refractivity contribution in [1.29, 1.82) is 5.26 Å². The minimum Gasteiger partial charge on any atom is -0.389 e. The molecule has 2 heterocycles. The van der Waals surface area contributed by atoms with Crippen LogP contribution < -0.4 is 5.32 Å². The molecule has 0 spiro atoms. The molecule has 5 rings (SSSR count). The number of halogens is 1. The number of pyridine rings is 1. The van der Waals surface area contributed by atoms with Crippen LogP contribution in [0.3, 0.4) is 0 Å². The molecule has 2 aromatic carbocycles. The standard InChI is InChI=1S/C30H33FN6O/c1-18(38)24-11-19(13-26-28(34-17-30(2,3)4)21(14-32)15-33-29(24)26)12-25(20-5-7-22(31)8-6-20)27-16-37(36-35-27)23-9-10-23/h5-8,11,13,15-16,18,23,25,38H,9-10,12,17H2,1-4H3,(H,33,34)/t18?,25-/m1/s1/i25D. The predicted octanol–water partition coefficient (Wildman–Crippen LogP) is 6.06. The van der Waals surface area contributed by atoms with Crippen LogP contribution in [-0.2, 0) is 6.42 Å². The van der Waals surface area contributed by atoms with Crippen LogP contribution in [0.4, 0.5) is 10.1 Å². The van der Waals surface area contributed by atoms with Gasteiger partial charge in [-0.15, -0.1) is 5.10 Å². The Kier molecular flexibility index (Phi) is 6.54. The molecule has 38 heavy (non-hydrogen) atoms. The summed E-state index contributed by atoms with van der Waals surface area (Å²) in [6.45, 7) is 8.61. The first-order valence-electron chi connectivity index (χ1n) is 13.4. The molecule has 1 saturated carbocycles. The minimum atomic E-state index is -1.37. The van der Waals surface area contributed by atoms with E-state index < -0.39 is 12.0 Å². The summed E-state index contributed by atoms with van der Waals surface area (Å²) in [5.74, 6) is -1.75. The number of nitrogens with one attached hydrogen (secondary N) is 1. The normalized spacial score (nSPS) is 16.5.